The molecule has 1 aliphatic heterocycles. The zero-order valence-corrected chi connectivity index (χ0v) is 16.0. The van der Waals surface area contributed by atoms with Crippen molar-refractivity contribution in [1.82, 2.24) is 29.2 Å². The first-order valence-corrected chi connectivity index (χ1v) is 9.25. The molecular formula is C20H24N6O. The second kappa shape index (κ2) is 6.98. The molecule has 140 valence electrons. The number of likely N-dealkylation sites (tertiary alicyclic amines) is 1. The second-order valence-corrected chi connectivity index (χ2v) is 7.27. The fourth-order valence-electron chi connectivity index (χ4n) is 3.82. The van der Waals surface area contributed by atoms with E-state index in [9.17, 15) is 4.79 Å². The summed E-state index contributed by atoms with van der Waals surface area (Å²) in [4.78, 5) is 23.4. The number of hydrogen-bond donors (Lipinski definition) is 0. The highest BCUT2D eigenvalue weighted by molar-refractivity contribution is 5.92. The van der Waals surface area contributed by atoms with Crippen molar-refractivity contribution in [3.05, 3.63) is 53.9 Å². The molecule has 0 aromatic carbocycles. The Morgan fingerprint density at radius 1 is 1.26 bits per heavy atom. The Balaban J connectivity index is 1.49. The van der Waals surface area contributed by atoms with Gasteiger partial charge in [0.2, 0.25) is 0 Å². The van der Waals surface area contributed by atoms with Gasteiger partial charge in [-0.25, -0.2) is 4.98 Å². The number of nitrogens with zero attached hydrogens (tertiary/aromatic N) is 6. The molecule has 0 bridgehead atoms. The Kier molecular flexibility index (Phi) is 4.51. The average Bonchev–Trinajstić information content (AvgIpc) is 3.36. The maximum atomic E-state index is 12.8. The number of aromatic nitrogens is 5. The van der Waals surface area contributed by atoms with Crippen LogP contribution in [0, 0.1) is 19.8 Å². The number of rotatable bonds is 4. The lowest BCUT2D eigenvalue weighted by atomic mass is 10.1. The van der Waals surface area contributed by atoms with Crippen molar-refractivity contribution < 1.29 is 4.79 Å². The van der Waals surface area contributed by atoms with E-state index in [4.69, 9.17) is 0 Å². The summed E-state index contributed by atoms with van der Waals surface area (Å²) in [6.45, 7) is 6.39. The highest BCUT2D eigenvalue weighted by Gasteiger charge is 2.29. The number of hydrogen-bond acceptors (Lipinski definition) is 4. The smallest absolute Gasteiger partial charge is 0.272 e. The zero-order chi connectivity index (χ0) is 19.0. The molecule has 1 fully saturated rings. The van der Waals surface area contributed by atoms with Crippen molar-refractivity contribution in [3.8, 4) is 11.4 Å². The summed E-state index contributed by atoms with van der Waals surface area (Å²) in [6, 6.07) is 5.82. The standard InChI is InChI=1S/C20H24N6O/c1-14-10-18(24(3)23-14)20(27)25-9-6-16(12-25)13-26-15(2)11-22-19(26)17-4-7-21-8-5-17/h4-5,7-8,10-11,16H,6,9,12-13H2,1-3H3. The van der Waals surface area contributed by atoms with Crippen LogP contribution < -0.4 is 0 Å². The lowest BCUT2D eigenvalue weighted by Crippen LogP contribution is -2.30. The van der Waals surface area contributed by atoms with Gasteiger partial charge in [0.05, 0.1) is 5.69 Å². The summed E-state index contributed by atoms with van der Waals surface area (Å²) in [5.74, 6) is 1.44. The van der Waals surface area contributed by atoms with E-state index in [1.54, 1.807) is 17.1 Å². The third-order valence-corrected chi connectivity index (χ3v) is 5.23. The van der Waals surface area contributed by atoms with Crippen LogP contribution in [-0.4, -0.2) is 48.2 Å². The van der Waals surface area contributed by atoms with Crippen molar-refractivity contribution in [2.24, 2.45) is 13.0 Å². The summed E-state index contributed by atoms with van der Waals surface area (Å²) in [5, 5.41) is 4.29. The third kappa shape index (κ3) is 3.37. The second-order valence-electron chi connectivity index (χ2n) is 7.27. The highest BCUT2D eigenvalue weighted by Crippen LogP contribution is 2.25. The average molecular weight is 364 g/mol. The van der Waals surface area contributed by atoms with Crippen molar-refractivity contribution in [2.45, 2.75) is 26.8 Å². The van der Waals surface area contributed by atoms with Crippen LogP contribution in [0.3, 0.4) is 0 Å². The van der Waals surface area contributed by atoms with Gasteiger partial charge in [-0.2, -0.15) is 5.10 Å². The van der Waals surface area contributed by atoms with Gasteiger partial charge in [-0.3, -0.25) is 14.5 Å². The van der Waals surface area contributed by atoms with Crippen molar-refractivity contribution in [3.63, 3.8) is 0 Å². The summed E-state index contributed by atoms with van der Waals surface area (Å²) >= 11 is 0. The first-order valence-electron chi connectivity index (χ1n) is 9.25. The van der Waals surface area contributed by atoms with Crippen LogP contribution in [0.25, 0.3) is 11.4 Å². The number of amides is 1. The van der Waals surface area contributed by atoms with Crippen molar-refractivity contribution >= 4 is 5.91 Å². The van der Waals surface area contributed by atoms with Gasteiger partial charge in [-0.15, -0.1) is 0 Å². The Morgan fingerprint density at radius 2 is 2.04 bits per heavy atom. The van der Waals surface area contributed by atoms with Crippen LogP contribution in [0.5, 0.6) is 0 Å². The molecule has 0 aliphatic carbocycles. The quantitative estimate of drug-likeness (QED) is 0.713. The summed E-state index contributed by atoms with van der Waals surface area (Å²) in [5.41, 5.74) is 3.72. The molecule has 1 atom stereocenters. The minimum atomic E-state index is 0.0670. The molecular weight excluding hydrogens is 340 g/mol. The van der Waals surface area contributed by atoms with Crippen molar-refractivity contribution in [2.75, 3.05) is 13.1 Å². The van der Waals surface area contributed by atoms with Gasteiger partial charge >= 0.3 is 0 Å². The molecule has 4 rings (SSSR count). The van der Waals surface area contributed by atoms with E-state index in [0.717, 1.165) is 48.8 Å². The number of aryl methyl sites for hydroxylation is 3. The van der Waals surface area contributed by atoms with Crippen molar-refractivity contribution in [1.29, 1.82) is 0 Å². The minimum absolute atomic E-state index is 0.0670. The van der Waals surface area contributed by atoms with Crippen LogP contribution in [0.4, 0.5) is 0 Å². The highest BCUT2D eigenvalue weighted by atomic mass is 16.2. The van der Waals surface area contributed by atoms with E-state index < -0.39 is 0 Å². The molecule has 0 N–H and O–H groups in total. The molecule has 27 heavy (non-hydrogen) atoms. The lowest BCUT2D eigenvalue weighted by molar-refractivity contribution is 0.0775. The molecule has 3 aromatic rings. The van der Waals surface area contributed by atoms with Gasteiger partial charge in [0.25, 0.3) is 5.91 Å². The summed E-state index contributed by atoms with van der Waals surface area (Å²) in [6.07, 6.45) is 6.48. The van der Waals surface area contributed by atoms with E-state index in [1.165, 1.54) is 0 Å². The third-order valence-electron chi connectivity index (χ3n) is 5.23. The molecule has 7 heteroatoms. The van der Waals surface area contributed by atoms with E-state index in [-0.39, 0.29) is 5.91 Å². The van der Waals surface area contributed by atoms with Crippen LogP contribution in [0.15, 0.2) is 36.8 Å². The van der Waals surface area contributed by atoms with E-state index in [1.807, 2.05) is 43.3 Å². The van der Waals surface area contributed by atoms with E-state index in [2.05, 4.69) is 26.6 Å². The number of carbonyl (C=O) groups is 1. The largest absolute Gasteiger partial charge is 0.337 e. The predicted molar refractivity (Wildman–Crippen MR) is 102 cm³/mol. The van der Waals surface area contributed by atoms with Gasteiger partial charge in [0.1, 0.15) is 11.5 Å². The Bertz CT molecular complexity index is 958. The maximum Gasteiger partial charge on any atom is 0.272 e. The first kappa shape index (κ1) is 17.5. The molecule has 1 unspecified atom stereocenters. The van der Waals surface area contributed by atoms with Gasteiger partial charge in [-0.05, 0) is 44.4 Å². The van der Waals surface area contributed by atoms with E-state index >= 15 is 0 Å². The molecule has 1 saturated heterocycles. The van der Waals surface area contributed by atoms with Gasteiger partial charge in [0.15, 0.2) is 0 Å². The number of imidazole rings is 1. The molecule has 7 nitrogen and oxygen atoms in total. The molecule has 0 saturated carbocycles. The van der Waals surface area contributed by atoms with Crippen LogP contribution in [0.1, 0.15) is 28.3 Å². The summed E-state index contributed by atoms with van der Waals surface area (Å²) in [7, 11) is 1.82. The maximum absolute atomic E-state index is 12.8. The van der Waals surface area contributed by atoms with Crippen LogP contribution in [0.2, 0.25) is 0 Å². The molecule has 1 amide bonds. The lowest BCUT2D eigenvalue weighted by Gasteiger charge is -2.18. The van der Waals surface area contributed by atoms with Gasteiger partial charge < -0.3 is 9.47 Å². The molecule has 1 aliphatic rings. The Hall–Kier alpha value is -2.96. The van der Waals surface area contributed by atoms with Gasteiger partial charge in [0, 0.05) is 56.5 Å². The topological polar surface area (TPSA) is 68.8 Å². The SMILES string of the molecule is Cc1cc(C(=O)N2CCC(Cn3c(C)cnc3-c3ccncc3)C2)n(C)n1. The summed E-state index contributed by atoms with van der Waals surface area (Å²) < 4.78 is 3.93. The molecule has 0 radical (unpaired) electrons. The fraction of sp³-hybridized carbons (Fsp3) is 0.400. The Labute approximate surface area is 158 Å². The van der Waals surface area contributed by atoms with Crippen LogP contribution >= 0.6 is 0 Å². The normalized spacial score (nSPS) is 16.9. The number of pyridine rings is 1. The zero-order valence-electron chi connectivity index (χ0n) is 16.0. The number of carbonyl (C=O) groups excluding carboxylic acids is 1. The fourth-order valence-corrected chi connectivity index (χ4v) is 3.82. The van der Waals surface area contributed by atoms with Gasteiger partial charge in [-0.1, -0.05) is 0 Å². The van der Waals surface area contributed by atoms with E-state index in [0.29, 0.717) is 11.6 Å². The molecule has 3 aromatic heterocycles. The molecule has 0 spiro atoms. The predicted octanol–water partition coefficient (Wildman–Crippen LogP) is 2.46. The minimum Gasteiger partial charge on any atom is -0.337 e. The molecule has 4 heterocycles. The monoisotopic (exact) mass is 364 g/mol. The first-order chi connectivity index (χ1) is 13.0. The Morgan fingerprint density at radius 3 is 2.74 bits per heavy atom. The van der Waals surface area contributed by atoms with Crippen LogP contribution in [-0.2, 0) is 13.6 Å².